The summed E-state index contributed by atoms with van der Waals surface area (Å²) in [6.07, 6.45) is 14.4. The summed E-state index contributed by atoms with van der Waals surface area (Å²) >= 11 is 19.0. The van der Waals surface area contributed by atoms with Crippen LogP contribution in [0.15, 0.2) is 42.5 Å². The molecule has 2 atom stereocenters. The molecule has 2 aliphatic carbocycles. The van der Waals surface area contributed by atoms with Gasteiger partial charge in [-0.05, 0) is 87.2 Å². The number of carbonyl (C=O) groups is 1. The predicted molar refractivity (Wildman–Crippen MR) is 178 cm³/mol. The Hall–Kier alpha value is -2.05. The highest BCUT2D eigenvalue weighted by Gasteiger charge is 2.32. The van der Waals surface area contributed by atoms with E-state index in [1.54, 1.807) is 16.8 Å². The van der Waals surface area contributed by atoms with Gasteiger partial charge in [-0.25, -0.2) is 4.68 Å². The molecule has 6 rings (SSSR count). The third-order valence-electron chi connectivity index (χ3n) is 10.1. The van der Waals surface area contributed by atoms with Crippen LogP contribution in [0.3, 0.4) is 0 Å². The Kier molecular flexibility index (Phi) is 10.0. The standard InChI is InChI=1S/C35H43Cl3N4O/c1-24-33(39-42(32-14-13-30(37)23-31(32)38)34(24)28-9-11-29(36)12-10-28)35(43)41-18-16-40(17-19-41)15-4-2-3-6-25-20-26-7-5-8-27(21-25)22-26/h9-14,23,25-27H,2-8,15-22H2,1H3. The summed E-state index contributed by atoms with van der Waals surface area (Å²) in [5.41, 5.74) is 3.68. The number of benzene rings is 2. The minimum Gasteiger partial charge on any atom is -0.335 e. The lowest BCUT2D eigenvalue weighted by Crippen LogP contribution is -2.49. The van der Waals surface area contributed by atoms with Crippen LogP contribution in [0.5, 0.6) is 0 Å². The summed E-state index contributed by atoms with van der Waals surface area (Å²) in [7, 11) is 0. The molecule has 2 aromatic carbocycles. The molecule has 2 saturated carbocycles. The number of nitrogens with zero attached hydrogens (tertiary/aromatic N) is 4. The number of piperazine rings is 1. The lowest BCUT2D eigenvalue weighted by Gasteiger charge is -2.39. The summed E-state index contributed by atoms with van der Waals surface area (Å²) < 4.78 is 1.76. The zero-order valence-corrected chi connectivity index (χ0v) is 27.5. The molecule has 5 nitrogen and oxygen atoms in total. The van der Waals surface area contributed by atoms with Gasteiger partial charge in [-0.1, -0.05) is 85.5 Å². The number of aromatic nitrogens is 2. The average molecular weight is 642 g/mol. The Morgan fingerprint density at radius 2 is 1.56 bits per heavy atom. The molecule has 2 unspecified atom stereocenters. The van der Waals surface area contributed by atoms with Crippen LogP contribution in [0.1, 0.15) is 80.3 Å². The van der Waals surface area contributed by atoms with Crippen LogP contribution in [0.25, 0.3) is 16.9 Å². The second-order valence-electron chi connectivity index (χ2n) is 13.1. The van der Waals surface area contributed by atoms with E-state index < -0.39 is 0 Å². The Balaban J connectivity index is 1.05. The average Bonchev–Trinajstić information content (AvgIpc) is 3.33. The van der Waals surface area contributed by atoms with Crippen molar-refractivity contribution >= 4 is 40.7 Å². The highest BCUT2D eigenvalue weighted by Crippen LogP contribution is 2.44. The summed E-state index contributed by atoms with van der Waals surface area (Å²) in [5.74, 6) is 3.02. The Morgan fingerprint density at radius 1 is 0.860 bits per heavy atom. The van der Waals surface area contributed by atoms with Crippen molar-refractivity contribution in [1.82, 2.24) is 19.6 Å². The van der Waals surface area contributed by atoms with Gasteiger partial charge in [-0.15, -0.1) is 0 Å². The maximum absolute atomic E-state index is 13.8. The Labute approximate surface area is 271 Å². The molecule has 1 amide bonds. The van der Waals surface area contributed by atoms with E-state index in [4.69, 9.17) is 39.9 Å². The van der Waals surface area contributed by atoms with E-state index in [2.05, 4.69) is 4.90 Å². The first-order valence-electron chi connectivity index (χ1n) is 16.2. The van der Waals surface area contributed by atoms with Crippen molar-refractivity contribution in [3.8, 4) is 16.9 Å². The number of hydrogen-bond donors (Lipinski definition) is 0. The normalized spacial score (nSPS) is 22.6. The summed E-state index contributed by atoms with van der Waals surface area (Å²) in [4.78, 5) is 18.3. The van der Waals surface area contributed by atoms with Gasteiger partial charge < -0.3 is 4.90 Å². The van der Waals surface area contributed by atoms with E-state index in [1.165, 1.54) is 64.2 Å². The molecule has 230 valence electrons. The maximum Gasteiger partial charge on any atom is 0.274 e. The van der Waals surface area contributed by atoms with Crippen LogP contribution >= 0.6 is 34.8 Å². The molecule has 2 bridgehead atoms. The van der Waals surface area contributed by atoms with E-state index >= 15 is 0 Å². The summed E-state index contributed by atoms with van der Waals surface area (Å²) in [6, 6.07) is 12.9. The van der Waals surface area contributed by atoms with E-state index in [1.807, 2.05) is 42.2 Å². The number of carbonyl (C=O) groups excluding carboxylic acids is 1. The topological polar surface area (TPSA) is 41.4 Å². The number of fused-ring (bicyclic) bond motifs is 2. The van der Waals surface area contributed by atoms with Gasteiger partial charge in [0.1, 0.15) is 0 Å². The van der Waals surface area contributed by atoms with Crippen LogP contribution in [0, 0.1) is 24.7 Å². The fourth-order valence-corrected chi connectivity index (χ4v) is 8.46. The largest absolute Gasteiger partial charge is 0.335 e. The van der Waals surface area contributed by atoms with Gasteiger partial charge in [0.05, 0.1) is 16.4 Å². The summed E-state index contributed by atoms with van der Waals surface area (Å²) in [6.45, 7) is 6.33. The van der Waals surface area contributed by atoms with Crippen LogP contribution < -0.4 is 0 Å². The lowest BCUT2D eigenvalue weighted by molar-refractivity contribution is 0.0628. The van der Waals surface area contributed by atoms with E-state index in [0.717, 1.165) is 54.2 Å². The molecule has 8 heteroatoms. The van der Waals surface area contributed by atoms with Crippen LogP contribution in [-0.2, 0) is 0 Å². The third kappa shape index (κ3) is 7.27. The molecule has 0 spiro atoms. The first kappa shape index (κ1) is 31.0. The van der Waals surface area contributed by atoms with Crippen molar-refractivity contribution in [2.75, 3.05) is 32.7 Å². The number of unbranched alkanes of at least 4 members (excludes halogenated alkanes) is 2. The van der Waals surface area contributed by atoms with Crippen molar-refractivity contribution in [2.24, 2.45) is 17.8 Å². The molecular weight excluding hydrogens is 599 g/mol. The van der Waals surface area contributed by atoms with Gasteiger partial charge in [-0.2, -0.15) is 5.10 Å². The van der Waals surface area contributed by atoms with Gasteiger partial charge in [0.15, 0.2) is 5.69 Å². The number of rotatable bonds is 9. The molecular formula is C35H43Cl3N4O. The first-order valence-corrected chi connectivity index (χ1v) is 17.3. The van der Waals surface area contributed by atoms with Gasteiger partial charge in [0.2, 0.25) is 0 Å². The molecule has 0 N–H and O–H groups in total. The van der Waals surface area contributed by atoms with E-state index in [9.17, 15) is 4.79 Å². The second kappa shape index (κ2) is 13.9. The Bertz CT molecular complexity index is 1400. The fourth-order valence-electron chi connectivity index (χ4n) is 7.85. The maximum atomic E-state index is 13.8. The van der Waals surface area contributed by atoms with Crippen molar-refractivity contribution in [3.63, 3.8) is 0 Å². The van der Waals surface area contributed by atoms with Crippen molar-refractivity contribution < 1.29 is 4.79 Å². The number of hydrogen-bond acceptors (Lipinski definition) is 3. The summed E-state index contributed by atoms with van der Waals surface area (Å²) in [5, 5.41) is 6.51. The minimum atomic E-state index is -0.0338. The highest BCUT2D eigenvalue weighted by atomic mass is 35.5. The second-order valence-corrected chi connectivity index (χ2v) is 14.3. The molecule has 3 aliphatic rings. The molecule has 43 heavy (non-hydrogen) atoms. The molecule has 0 radical (unpaired) electrons. The Morgan fingerprint density at radius 3 is 2.26 bits per heavy atom. The molecule has 1 aromatic heterocycles. The molecule has 3 fully saturated rings. The van der Waals surface area contributed by atoms with Crippen molar-refractivity contribution in [2.45, 2.75) is 71.1 Å². The molecule has 1 saturated heterocycles. The predicted octanol–water partition coefficient (Wildman–Crippen LogP) is 9.34. The van der Waals surface area contributed by atoms with Crippen LogP contribution in [0.4, 0.5) is 0 Å². The van der Waals surface area contributed by atoms with Crippen molar-refractivity contribution in [1.29, 1.82) is 0 Å². The third-order valence-corrected chi connectivity index (χ3v) is 10.8. The first-order chi connectivity index (χ1) is 20.9. The monoisotopic (exact) mass is 640 g/mol. The molecule has 2 heterocycles. The van der Waals surface area contributed by atoms with E-state index in [0.29, 0.717) is 39.5 Å². The highest BCUT2D eigenvalue weighted by molar-refractivity contribution is 6.35. The van der Waals surface area contributed by atoms with Gasteiger partial charge in [-0.3, -0.25) is 9.69 Å². The SMILES string of the molecule is Cc1c(C(=O)N2CCN(CCCCCC3CC4CCCC(C3)C4)CC2)nn(-c2ccc(Cl)cc2Cl)c1-c1ccc(Cl)cc1. The quantitative estimate of drug-likeness (QED) is 0.219. The fraction of sp³-hybridized carbons (Fsp3) is 0.543. The van der Waals surface area contributed by atoms with Gasteiger partial charge in [0, 0.05) is 47.4 Å². The smallest absolute Gasteiger partial charge is 0.274 e. The van der Waals surface area contributed by atoms with E-state index in [-0.39, 0.29) is 5.91 Å². The lowest BCUT2D eigenvalue weighted by atomic mass is 9.67. The molecule has 1 aliphatic heterocycles. The van der Waals surface area contributed by atoms with Gasteiger partial charge in [0.25, 0.3) is 5.91 Å². The number of amides is 1. The number of halogens is 3. The zero-order valence-electron chi connectivity index (χ0n) is 25.2. The zero-order chi connectivity index (χ0) is 29.9. The van der Waals surface area contributed by atoms with Gasteiger partial charge >= 0.3 is 0 Å². The molecule has 3 aromatic rings. The van der Waals surface area contributed by atoms with Crippen molar-refractivity contribution in [3.05, 3.63) is 68.8 Å². The van der Waals surface area contributed by atoms with Crippen LogP contribution in [-0.4, -0.2) is 58.2 Å². The minimum absolute atomic E-state index is 0.0338. The van der Waals surface area contributed by atoms with Crippen LogP contribution in [0.2, 0.25) is 15.1 Å².